The molecule has 1 aliphatic heterocycles. The van der Waals surface area contributed by atoms with Gasteiger partial charge in [0.1, 0.15) is 0 Å². The van der Waals surface area contributed by atoms with E-state index in [-0.39, 0.29) is 16.8 Å². The Kier molecular flexibility index (Phi) is 6.76. The molecule has 29 heavy (non-hydrogen) atoms. The number of morpholine rings is 1. The van der Waals surface area contributed by atoms with Crippen molar-refractivity contribution in [2.75, 3.05) is 26.3 Å². The van der Waals surface area contributed by atoms with Crippen molar-refractivity contribution in [2.45, 2.75) is 19.3 Å². The van der Waals surface area contributed by atoms with Crippen molar-refractivity contribution in [2.24, 2.45) is 0 Å². The maximum absolute atomic E-state index is 12.7. The van der Waals surface area contributed by atoms with Gasteiger partial charge in [-0.1, -0.05) is 30.3 Å². The van der Waals surface area contributed by atoms with Gasteiger partial charge >= 0.3 is 6.09 Å². The molecule has 1 fully saturated rings. The molecule has 1 amide bonds. The van der Waals surface area contributed by atoms with Crippen LogP contribution in [-0.2, 0) is 22.7 Å². The van der Waals surface area contributed by atoms with E-state index in [2.05, 4.69) is 0 Å². The molecular weight excluding hydrogens is 380 g/mol. The fraction of sp³-hybridized carbons (Fsp3) is 0.350. The zero-order valence-electron chi connectivity index (χ0n) is 15.7. The molecule has 1 aliphatic rings. The summed E-state index contributed by atoms with van der Waals surface area (Å²) in [6, 6.07) is 11.3. The van der Waals surface area contributed by atoms with E-state index in [1.807, 2.05) is 0 Å². The minimum atomic E-state index is -1.05. The largest absolute Gasteiger partial charge is 0.436 e. The lowest BCUT2D eigenvalue weighted by Gasteiger charge is -2.28. The number of nitro benzene ring substituents is 1. The second-order valence-electron chi connectivity index (χ2n) is 6.53. The molecule has 3 rings (SSSR count). The number of amides is 1. The summed E-state index contributed by atoms with van der Waals surface area (Å²) in [5.41, 5.74) is 0.961. The lowest BCUT2D eigenvalue weighted by Crippen LogP contribution is -2.41. The van der Waals surface area contributed by atoms with Gasteiger partial charge in [-0.3, -0.25) is 10.1 Å². The topological polar surface area (TPSA) is 122 Å². The van der Waals surface area contributed by atoms with Crippen molar-refractivity contribution in [1.29, 1.82) is 0 Å². The molecule has 1 atom stereocenters. The maximum Gasteiger partial charge on any atom is 0.410 e. The Morgan fingerprint density at radius 1 is 1.14 bits per heavy atom. The number of benzene rings is 2. The summed E-state index contributed by atoms with van der Waals surface area (Å²) < 4.78 is 10.9. The van der Waals surface area contributed by atoms with Gasteiger partial charge in [-0.15, -0.1) is 0 Å². The highest BCUT2D eigenvalue weighted by molar-refractivity contribution is 5.69. The SMILES string of the molecule is O=C(OC(c1ccccc1)c1cc(CO)c(CO)cc1[N+](=O)[O-])N1CCOCC1. The van der Waals surface area contributed by atoms with Crippen LogP contribution in [0.1, 0.15) is 28.4 Å². The maximum atomic E-state index is 12.7. The first-order chi connectivity index (χ1) is 14.0. The fourth-order valence-electron chi connectivity index (χ4n) is 3.22. The Balaban J connectivity index is 2.06. The Labute approximate surface area is 167 Å². The first-order valence-electron chi connectivity index (χ1n) is 9.15. The molecular formula is C20H22N2O7. The number of carbonyl (C=O) groups excluding carboxylic acids is 1. The van der Waals surface area contributed by atoms with E-state index >= 15 is 0 Å². The first-order valence-corrected chi connectivity index (χ1v) is 9.15. The normalized spacial score (nSPS) is 15.0. The van der Waals surface area contributed by atoms with Crippen molar-refractivity contribution in [3.05, 3.63) is 74.8 Å². The van der Waals surface area contributed by atoms with Gasteiger partial charge in [0.25, 0.3) is 5.69 Å². The first kappa shape index (κ1) is 20.7. The number of nitrogens with zero attached hydrogens (tertiary/aromatic N) is 2. The number of carbonyl (C=O) groups is 1. The van der Waals surface area contributed by atoms with Crippen molar-refractivity contribution in [3.63, 3.8) is 0 Å². The Hall–Kier alpha value is -3.01. The van der Waals surface area contributed by atoms with Crippen molar-refractivity contribution in [3.8, 4) is 0 Å². The van der Waals surface area contributed by atoms with Gasteiger partial charge in [0, 0.05) is 19.2 Å². The molecule has 9 nitrogen and oxygen atoms in total. The molecule has 0 radical (unpaired) electrons. The summed E-state index contributed by atoms with van der Waals surface area (Å²) in [6.07, 6.45) is -1.65. The van der Waals surface area contributed by atoms with Crippen LogP contribution in [0.25, 0.3) is 0 Å². The second-order valence-corrected chi connectivity index (χ2v) is 6.53. The van der Waals surface area contributed by atoms with Crippen molar-refractivity contribution >= 4 is 11.8 Å². The van der Waals surface area contributed by atoms with Crippen LogP contribution in [-0.4, -0.2) is 52.4 Å². The number of aliphatic hydroxyl groups excluding tert-OH is 2. The van der Waals surface area contributed by atoms with Gasteiger partial charge in [-0.2, -0.15) is 0 Å². The Morgan fingerprint density at radius 3 is 2.34 bits per heavy atom. The molecule has 2 aromatic rings. The second kappa shape index (κ2) is 9.46. The molecule has 9 heteroatoms. The van der Waals surface area contributed by atoms with Crippen molar-refractivity contribution < 1.29 is 29.4 Å². The molecule has 0 aromatic heterocycles. The van der Waals surface area contributed by atoms with Gasteiger partial charge in [-0.25, -0.2) is 4.79 Å². The molecule has 154 valence electrons. The standard InChI is InChI=1S/C20H22N2O7/c23-12-15-10-17(18(22(26)27)11-16(15)13-24)19(14-4-2-1-3-5-14)29-20(25)21-6-8-28-9-7-21/h1-5,10-11,19,23-24H,6-9,12-13H2. The van der Waals surface area contributed by atoms with Gasteiger partial charge in [0.15, 0.2) is 6.10 Å². The molecule has 0 aliphatic carbocycles. The van der Waals surface area contributed by atoms with E-state index in [0.29, 0.717) is 37.4 Å². The minimum Gasteiger partial charge on any atom is -0.436 e. The lowest BCUT2D eigenvalue weighted by atomic mass is 9.95. The molecule has 0 bridgehead atoms. The fourth-order valence-corrected chi connectivity index (χ4v) is 3.22. The van der Waals surface area contributed by atoms with E-state index in [0.717, 1.165) is 0 Å². The van der Waals surface area contributed by atoms with Gasteiger partial charge in [0.05, 0.1) is 36.9 Å². The summed E-state index contributed by atoms with van der Waals surface area (Å²) >= 11 is 0. The van der Waals surface area contributed by atoms with E-state index in [1.54, 1.807) is 30.3 Å². The van der Waals surface area contributed by atoms with E-state index in [1.165, 1.54) is 17.0 Å². The van der Waals surface area contributed by atoms with Crippen LogP contribution in [0.4, 0.5) is 10.5 Å². The van der Waals surface area contributed by atoms with Crippen LogP contribution < -0.4 is 0 Å². The van der Waals surface area contributed by atoms with Crippen LogP contribution in [0.5, 0.6) is 0 Å². The quantitative estimate of drug-likeness (QED) is 0.561. The Bertz CT molecular complexity index is 867. The molecule has 0 saturated carbocycles. The summed E-state index contributed by atoms with van der Waals surface area (Å²) in [4.78, 5) is 25.3. The molecule has 1 unspecified atom stereocenters. The minimum absolute atomic E-state index is 0.129. The highest BCUT2D eigenvalue weighted by Gasteiger charge is 2.30. The highest BCUT2D eigenvalue weighted by atomic mass is 16.6. The predicted octanol–water partition coefficient (Wildman–Crippen LogP) is 2.14. The lowest BCUT2D eigenvalue weighted by molar-refractivity contribution is -0.386. The van der Waals surface area contributed by atoms with Crippen molar-refractivity contribution in [1.82, 2.24) is 4.90 Å². The van der Waals surface area contributed by atoms with E-state index in [9.17, 15) is 25.1 Å². The summed E-state index contributed by atoms with van der Waals surface area (Å²) in [6.45, 7) is 0.651. The third-order valence-corrected chi connectivity index (χ3v) is 4.76. The van der Waals surface area contributed by atoms with Crippen LogP contribution >= 0.6 is 0 Å². The van der Waals surface area contributed by atoms with Crippen LogP contribution in [0.15, 0.2) is 42.5 Å². The summed E-state index contributed by atoms with van der Waals surface area (Å²) in [5.74, 6) is 0. The average molecular weight is 402 g/mol. The smallest absolute Gasteiger partial charge is 0.410 e. The van der Waals surface area contributed by atoms with Gasteiger partial charge in [-0.05, 0) is 22.8 Å². The predicted molar refractivity (Wildman–Crippen MR) is 102 cm³/mol. The summed E-state index contributed by atoms with van der Waals surface area (Å²) in [5, 5.41) is 30.8. The third-order valence-electron chi connectivity index (χ3n) is 4.76. The van der Waals surface area contributed by atoms with Crippen LogP contribution in [0.3, 0.4) is 0 Å². The van der Waals surface area contributed by atoms with E-state index < -0.39 is 30.3 Å². The number of nitro groups is 1. The average Bonchev–Trinajstić information content (AvgIpc) is 2.77. The Morgan fingerprint density at radius 2 is 1.76 bits per heavy atom. The molecule has 0 spiro atoms. The number of aliphatic hydroxyl groups is 2. The zero-order chi connectivity index (χ0) is 20.8. The van der Waals surface area contributed by atoms with Gasteiger partial charge in [0.2, 0.25) is 0 Å². The molecule has 2 aromatic carbocycles. The summed E-state index contributed by atoms with van der Waals surface area (Å²) in [7, 11) is 0. The zero-order valence-corrected chi connectivity index (χ0v) is 15.7. The highest BCUT2D eigenvalue weighted by Crippen LogP contribution is 2.35. The van der Waals surface area contributed by atoms with Crippen LogP contribution in [0, 0.1) is 10.1 Å². The third kappa shape index (κ3) is 4.70. The van der Waals surface area contributed by atoms with Gasteiger partial charge < -0.3 is 24.6 Å². The monoisotopic (exact) mass is 402 g/mol. The van der Waals surface area contributed by atoms with Crippen LogP contribution in [0.2, 0.25) is 0 Å². The number of hydrogen-bond acceptors (Lipinski definition) is 7. The number of rotatable bonds is 6. The number of ether oxygens (including phenoxy) is 2. The van der Waals surface area contributed by atoms with E-state index in [4.69, 9.17) is 9.47 Å². The molecule has 1 heterocycles. The molecule has 1 saturated heterocycles. The number of hydrogen-bond donors (Lipinski definition) is 2. The molecule has 2 N–H and O–H groups in total.